The Labute approximate surface area is 117 Å². The van der Waals surface area contributed by atoms with Gasteiger partial charge in [-0.05, 0) is 18.6 Å². The molecule has 0 saturated heterocycles. The minimum absolute atomic E-state index is 0.0386. The Morgan fingerprint density at radius 1 is 1.35 bits per heavy atom. The molecular weight excluding hydrogens is 254 g/mol. The smallest absolute Gasteiger partial charge is 0.261 e. The van der Waals surface area contributed by atoms with Crippen LogP contribution in [-0.2, 0) is 11.3 Å². The maximum absolute atomic E-state index is 12.3. The number of para-hydroxylation sites is 1. The number of unbranched alkanes of at least 4 members (excludes halogenated alkanes) is 1. The van der Waals surface area contributed by atoms with Crippen LogP contribution in [0.15, 0.2) is 35.4 Å². The van der Waals surface area contributed by atoms with Crippen molar-refractivity contribution in [3.63, 3.8) is 0 Å². The Bertz CT molecular complexity index is 663. The van der Waals surface area contributed by atoms with Gasteiger partial charge in [0.1, 0.15) is 6.54 Å². The van der Waals surface area contributed by atoms with Crippen LogP contribution in [0.1, 0.15) is 19.8 Å². The Hall–Kier alpha value is -2.17. The van der Waals surface area contributed by atoms with Gasteiger partial charge in [-0.25, -0.2) is 4.98 Å². The molecular formula is C15H19N3O2. The van der Waals surface area contributed by atoms with Crippen molar-refractivity contribution in [2.24, 2.45) is 0 Å². The third-order valence-electron chi connectivity index (χ3n) is 3.31. The van der Waals surface area contributed by atoms with Gasteiger partial charge < -0.3 is 4.90 Å². The molecule has 0 spiro atoms. The number of carbonyl (C=O) groups is 1. The first-order chi connectivity index (χ1) is 9.63. The SMILES string of the molecule is CCCCN(C)C(=O)Cn1cnc2ccccc2c1=O. The zero-order valence-electron chi connectivity index (χ0n) is 11.9. The van der Waals surface area contributed by atoms with Crippen molar-refractivity contribution in [3.05, 3.63) is 40.9 Å². The van der Waals surface area contributed by atoms with Crippen molar-refractivity contribution in [2.45, 2.75) is 26.3 Å². The second-order valence-electron chi connectivity index (χ2n) is 4.86. The summed E-state index contributed by atoms with van der Waals surface area (Å²) < 4.78 is 1.37. The standard InChI is InChI=1S/C15H19N3O2/c1-3-4-9-17(2)14(19)10-18-11-16-13-8-6-5-7-12(13)15(18)20/h5-8,11H,3-4,9-10H2,1-2H3. The molecule has 0 bridgehead atoms. The molecule has 106 valence electrons. The summed E-state index contributed by atoms with van der Waals surface area (Å²) >= 11 is 0. The largest absolute Gasteiger partial charge is 0.344 e. The first-order valence-corrected chi connectivity index (χ1v) is 6.81. The van der Waals surface area contributed by atoms with Crippen molar-refractivity contribution in [1.82, 2.24) is 14.5 Å². The van der Waals surface area contributed by atoms with Gasteiger partial charge in [0.2, 0.25) is 5.91 Å². The highest BCUT2D eigenvalue weighted by atomic mass is 16.2. The molecule has 0 unspecified atom stereocenters. The molecule has 1 heterocycles. The second kappa shape index (κ2) is 6.32. The fourth-order valence-corrected chi connectivity index (χ4v) is 2.01. The lowest BCUT2D eigenvalue weighted by Crippen LogP contribution is -2.34. The van der Waals surface area contributed by atoms with Gasteiger partial charge >= 0.3 is 0 Å². The van der Waals surface area contributed by atoms with Crippen molar-refractivity contribution in [2.75, 3.05) is 13.6 Å². The molecule has 1 aromatic carbocycles. The molecule has 0 fully saturated rings. The topological polar surface area (TPSA) is 55.2 Å². The summed E-state index contributed by atoms with van der Waals surface area (Å²) in [6.45, 7) is 2.83. The number of likely N-dealkylation sites (N-methyl/N-ethyl adjacent to an activating group) is 1. The van der Waals surface area contributed by atoms with Crippen LogP contribution in [0.25, 0.3) is 10.9 Å². The Kier molecular flexibility index (Phi) is 4.50. The van der Waals surface area contributed by atoms with Crippen LogP contribution in [0.3, 0.4) is 0 Å². The first kappa shape index (κ1) is 14.2. The van der Waals surface area contributed by atoms with E-state index in [1.54, 1.807) is 30.1 Å². The third kappa shape index (κ3) is 3.04. The highest BCUT2D eigenvalue weighted by Crippen LogP contribution is 2.04. The molecule has 1 aromatic heterocycles. The average molecular weight is 273 g/mol. The zero-order chi connectivity index (χ0) is 14.5. The van der Waals surface area contributed by atoms with E-state index in [0.717, 1.165) is 12.8 Å². The molecule has 0 N–H and O–H groups in total. The normalized spacial score (nSPS) is 10.7. The summed E-state index contributed by atoms with van der Waals surface area (Å²) in [6, 6.07) is 7.15. The first-order valence-electron chi connectivity index (χ1n) is 6.81. The van der Waals surface area contributed by atoms with Gasteiger partial charge in [-0.2, -0.15) is 0 Å². The summed E-state index contributed by atoms with van der Waals surface area (Å²) in [4.78, 5) is 30.2. The lowest BCUT2D eigenvalue weighted by molar-refractivity contribution is -0.130. The van der Waals surface area contributed by atoms with Crippen LogP contribution in [-0.4, -0.2) is 34.0 Å². The van der Waals surface area contributed by atoms with E-state index in [1.807, 2.05) is 6.07 Å². The van der Waals surface area contributed by atoms with E-state index in [4.69, 9.17) is 0 Å². The quantitative estimate of drug-likeness (QED) is 0.832. The molecule has 0 atom stereocenters. The number of amides is 1. The van der Waals surface area contributed by atoms with Gasteiger partial charge in [-0.15, -0.1) is 0 Å². The summed E-state index contributed by atoms with van der Waals surface area (Å²) in [5, 5.41) is 0.541. The van der Waals surface area contributed by atoms with Gasteiger partial charge in [0.25, 0.3) is 5.56 Å². The van der Waals surface area contributed by atoms with Crippen molar-refractivity contribution < 1.29 is 4.79 Å². The van der Waals surface area contributed by atoms with E-state index < -0.39 is 0 Å². The Morgan fingerprint density at radius 2 is 2.10 bits per heavy atom. The van der Waals surface area contributed by atoms with Gasteiger partial charge in [-0.1, -0.05) is 25.5 Å². The minimum atomic E-state index is -0.173. The van der Waals surface area contributed by atoms with Gasteiger partial charge in [-0.3, -0.25) is 14.2 Å². The fourth-order valence-electron chi connectivity index (χ4n) is 2.01. The maximum Gasteiger partial charge on any atom is 0.261 e. The molecule has 0 aliphatic rings. The highest BCUT2D eigenvalue weighted by Gasteiger charge is 2.11. The van der Waals surface area contributed by atoms with Crippen molar-refractivity contribution in [3.8, 4) is 0 Å². The maximum atomic E-state index is 12.3. The number of hydrogen-bond donors (Lipinski definition) is 0. The number of hydrogen-bond acceptors (Lipinski definition) is 3. The molecule has 0 aliphatic heterocycles. The third-order valence-corrected chi connectivity index (χ3v) is 3.31. The summed E-state index contributed by atoms with van der Waals surface area (Å²) in [6.07, 6.45) is 3.44. The molecule has 5 heteroatoms. The molecule has 0 aliphatic carbocycles. The van der Waals surface area contributed by atoms with E-state index in [-0.39, 0.29) is 18.0 Å². The monoisotopic (exact) mass is 273 g/mol. The lowest BCUT2D eigenvalue weighted by atomic mass is 10.2. The molecule has 0 radical (unpaired) electrons. The van der Waals surface area contributed by atoms with Crippen molar-refractivity contribution in [1.29, 1.82) is 0 Å². The molecule has 20 heavy (non-hydrogen) atoms. The van der Waals surface area contributed by atoms with Crippen LogP contribution in [0, 0.1) is 0 Å². The number of nitrogens with zero attached hydrogens (tertiary/aromatic N) is 3. The van der Waals surface area contributed by atoms with Gasteiger partial charge in [0, 0.05) is 13.6 Å². The minimum Gasteiger partial charge on any atom is -0.344 e. The predicted octanol–water partition coefficient (Wildman–Crippen LogP) is 1.66. The van der Waals surface area contributed by atoms with Crippen LogP contribution < -0.4 is 5.56 Å². The van der Waals surface area contributed by atoms with Crippen LogP contribution >= 0.6 is 0 Å². The fraction of sp³-hybridized carbons (Fsp3) is 0.400. The van der Waals surface area contributed by atoms with E-state index in [0.29, 0.717) is 17.4 Å². The van der Waals surface area contributed by atoms with Crippen LogP contribution in [0.2, 0.25) is 0 Å². The molecule has 5 nitrogen and oxygen atoms in total. The zero-order valence-corrected chi connectivity index (χ0v) is 11.9. The number of aromatic nitrogens is 2. The summed E-state index contributed by atoms with van der Waals surface area (Å²) in [7, 11) is 1.76. The van der Waals surface area contributed by atoms with E-state index >= 15 is 0 Å². The van der Waals surface area contributed by atoms with Gasteiger partial charge in [0.05, 0.1) is 17.2 Å². The van der Waals surface area contributed by atoms with E-state index in [1.165, 1.54) is 10.9 Å². The lowest BCUT2D eigenvalue weighted by Gasteiger charge is -2.17. The summed E-state index contributed by atoms with van der Waals surface area (Å²) in [5.41, 5.74) is 0.480. The Balaban J connectivity index is 2.20. The van der Waals surface area contributed by atoms with E-state index in [9.17, 15) is 9.59 Å². The van der Waals surface area contributed by atoms with Gasteiger partial charge in [0.15, 0.2) is 0 Å². The van der Waals surface area contributed by atoms with Crippen molar-refractivity contribution >= 4 is 16.8 Å². The molecule has 1 amide bonds. The number of benzene rings is 1. The molecule has 0 saturated carbocycles. The number of carbonyl (C=O) groups excluding carboxylic acids is 1. The van der Waals surface area contributed by atoms with E-state index in [2.05, 4.69) is 11.9 Å². The predicted molar refractivity (Wildman–Crippen MR) is 78.5 cm³/mol. The highest BCUT2D eigenvalue weighted by molar-refractivity contribution is 5.78. The molecule has 2 rings (SSSR count). The number of fused-ring (bicyclic) bond motifs is 1. The number of rotatable bonds is 5. The van der Waals surface area contributed by atoms with Crippen LogP contribution in [0.4, 0.5) is 0 Å². The molecule has 2 aromatic rings. The summed E-state index contributed by atoms with van der Waals surface area (Å²) in [5.74, 6) is -0.0716. The Morgan fingerprint density at radius 3 is 2.85 bits per heavy atom. The second-order valence-corrected chi connectivity index (χ2v) is 4.86. The average Bonchev–Trinajstić information content (AvgIpc) is 2.47. The van der Waals surface area contributed by atoms with Crippen LogP contribution in [0.5, 0.6) is 0 Å².